The Bertz CT molecular complexity index is 688. The van der Waals surface area contributed by atoms with Crippen LogP contribution in [0.5, 0.6) is 0 Å². The second-order valence-corrected chi connectivity index (χ2v) is 7.44. The van der Waals surface area contributed by atoms with Crippen molar-refractivity contribution < 1.29 is 0 Å². The molecular formula is C22H26N2. The maximum atomic E-state index is 9.90. The third-order valence-corrected chi connectivity index (χ3v) is 6.36. The van der Waals surface area contributed by atoms with Crippen LogP contribution in [0.15, 0.2) is 41.5 Å². The molecule has 2 aliphatic carbocycles. The molecule has 0 saturated heterocycles. The first kappa shape index (κ1) is 16.8. The van der Waals surface area contributed by atoms with Gasteiger partial charge in [-0.3, -0.25) is 0 Å². The fourth-order valence-corrected chi connectivity index (χ4v) is 5.00. The van der Waals surface area contributed by atoms with E-state index in [0.29, 0.717) is 11.8 Å². The van der Waals surface area contributed by atoms with Gasteiger partial charge in [-0.1, -0.05) is 55.3 Å². The lowest BCUT2D eigenvalue weighted by Gasteiger charge is -2.46. The highest BCUT2D eigenvalue weighted by molar-refractivity contribution is 5.34. The largest absolute Gasteiger partial charge is 0.197 e. The molecule has 0 radical (unpaired) electrons. The molecule has 124 valence electrons. The van der Waals surface area contributed by atoms with Crippen LogP contribution in [0.1, 0.15) is 63.9 Å². The maximum absolute atomic E-state index is 9.90. The van der Waals surface area contributed by atoms with E-state index in [2.05, 4.69) is 38.1 Å². The van der Waals surface area contributed by atoms with Crippen molar-refractivity contribution in [1.29, 1.82) is 10.5 Å². The summed E-state index contributed by atoms with van der Waals surface area (Å²) in [5.74, 6) is 1.15. The molecule has 0 spiro atoms. The van der Waals surface area contributed by atoms with Crippen LogP contribution >= 0.6 is 0 Å². The smallest absolute Gasteiger partial charge is 0.150 e. The highest BCUT2D eigenvalue weighted by Crippen LogP contribution is 2.56. The molecule has 3 rings (SSSR count). The first-order valence-corrected chi connectivity index (χ1v) is 9.24. The van der Waals surface area contributed by atoms with E-state index >= 15 is 0 Å². The summed E-state index contributed by atoms with van der Waals surface area (Å²) in [6.45, 7) is 4.50. The molecule has 0 N–H and O–H groups in total. The van der Waals surface area contributed by atoms with E-state index in [1.54, 1.807) is 11.1 Å². The fourth-order valence-electron chi connectivity index (χ4n) is 5.00. The van der Waals surface area contributed by atoms with Gasteiger partial charge in [0.1, 0.15) is 0 Å². The van der Waals surface area contributed by atoms with Crippen LogP contribution in [0.25, 0.3) is 0 Å². The molecule has 2 nitrogen and oxygen atoms in total. The van der Waals surface area contributed by atoms with Crippen LogP contribution in [0.4, 0.5) is 0 Å². The minimum atomic E-state index is -0.870. The lowest BCUT2D eigenvalue weighted by atomic mass is 9.55. The summed E-state index contributed by atoms with van der Waals surface area (Å²) >= 11 is 0. The Hall–Kier alpha value is -2.06. The molecule has 3 unspecified atom stereocenters. The van der Waals surface area contributed by atoms with Crippen LogP contribution in [0.3, 0.4) is 0 Å². The highest BCUT2D eigenvalue weighted by atomic mass is 14.5. The molecule has 2 aliphatic rings. The van der Waals surface area contributed by atoms with E-state index in [9.17, 15) is 10.5 Å². The van der Waals surface area contributed by atoms with Crippen molar-refractivity contribution in [2.45, 2.75) is 58.3 Å². The van der Waals surface area contributed by atoms with Gasteiger partial charge in [0.25, 0.3) is 0 Å². The molecule has 3 atom stereocenters. The van der Waals surface area contributed by atoms with Crippen molar-refractivity contribution in [3.05, 3.63) is 47.0 Å². The average Bonchev–Trinajstić information content (AvgIpc) is 2.66. The van der Waals surface area contributed by atoms with Gasteiger partial charge >= 0.3 is 0 Å². The van der Waals surface area contributed by atoms with Gasteiger partial charge in [-0.25, -0.2) is 0 Å². The van der Waals surface area contributed by atoms with Crippen LogP contribution in [-0.4, -0.2) is 0 Å². The average molecular weight is 318 g/mol. The number of benzene rings is 1. The summed E-state index contributed by atoms with van der Waals surface area (Å²) in [5, 5.41) is 19.8. The van der Waals surface area contributed by atoms with Gasteiger partial charge in [-0.05, 0) is 55.9 Å². The van der Waals surface area contributed by atoms with Gasteiger partial charge in [0, 0.05) is 5.92 Å². The van der Waals surface area contributed by atoms with Crippen LogP contribution in [0.2, 0.25) is 0 Å². The molecular weight excluding hydrogens is 292 g/mol. The fraction of sp³-hybridized carbons (Fsp3) is 0.545. The molecule has 1 fully saturated rings. The maximum Gasteiger partial charge on any atom is 0.150 e. The first-order chi connectivity index (χ1) is 11.7. The lowest BCUT2D eigenvalue weighted by molar-refractivity contribution is 0.130. The molecule has 0 heterocycles. The molecule has 2 heteroatoms. The summed E-state index contributed by atoms with van der Waals surface area (Å²) in [6.07, 6.45) is 6.21. The second kappa shape index (κ2) is 6.82. The number of allylic oxidation sites excluding steroid dienone is 2. The second-order valence-electron chi connectivity index (χ2n) is 7.44. The number of hydrogen-bond acceptors (Lipinski definition) is 2. The Labute approximate surface area is 145 Å². The van der Waals surface area contributed by atoms with E-state index in [-0.39, 0.29) is 5.92 Å². The van der Waals surface area contributed by atoms with Crippen molar-refractivity contribution in [2.24, 2.45) is 17.3 Å². The molecule has 0 amide bonds. The SMILES string of the molecule is CCC1=C(CC)CC2CC(C#N)(C#N)C(c3ccccc3)CC2C1. The highest BCUT2D eigenvalue weighted by Gasteiger charge is 2.50. The Morgan fingerprint density at radius 1 is 0.958 bits per heavy atom. The van der Waals surface area contributed by atoms with Crippen molar-refractivity contribution in [3.8, 4) is 12.1 Å². The van der Waals surface area contributed by atoms with Gasteiger partial charge in [-0.2, -0.15) is 10.5 Å². The van der Waals surface area contributed by atoms with Gasteiger partial charge in [0.2, 0.25) is 0 Å². The number of nitriles is 2. The Morgan fingerprint density at radius 2 is 1.54 bits per heavy atom. The van der Waals surface area contributed by atoms with Crippen molar-refractivity contribution in [1.82, 2.24) is 0 Å². The number of hydrogen-bond donors (Lipinski definition) is 0. The Morgan fingerprint density at radius 3 is 2.08 bits per heavy atom. The monoisotopic (exact) mass is 318 g/mol. The zero-order valence-electron chi connectivity index (χ0n) is 14.8. The number of nitrogens with zero attached hydrogens (tertiary/aromatic N) is 2. The molecule has 1 aromatic carbocycles. The third kappa shape index (κ3) is 2.76. The zero-order chi connectivity index (χ0) is 17.2. The van der Waals surface area contributed by atoms with Crippen molar-refractivity contribution in [2.75, 3.05) is 0 Å². The normalized spacial score (nSPS) is 28.6. The zero-order valence-corrected chi connectivity index (χ0v) is 14.8. The predicted molar refractivity (Wildman–Crippen MR) is 95.9 cm³/mol. The first-order valence-electron chi connectivity index (χ1n) is 9.24. The van der Waals surface area contributed by atoms with Gasteiger partial charge in [0.05, 0.1) is 12.1 Å². The topological polar surface area (TPSA) is 47.6 Å². The quantitative estimate of drug-likeness (QED) is 0.667. The standard InChI is InChI=1S/C22H26N2/c1-3-16-10-19-12-21(18-8-6-5-7-9-18)22(14-23,15-24)13-20(19)11-17(16)4-2/h5-9,19-21H,3-4,10-13H2,1-2H3. The number of rotatable bonds is 3. The lowest BCUT2D eigenvalue weighted by Crippen LogP contribution is -2.40. The predicted octanol–water partition coefficient (Wildman–Crippen LogP) is 5.74. The summed E-state index contributed by atoms with van der Waals surface area (Å²) in [4.78, 5) is 0. The minimum absolute atomic E-state index is 0.0382. The van der Waals surface area contributed by atoms with Crippen molar-refractivity contribution in [3.63, 3.8) is 0 Å². The van der Waals surface area contributed by atoms with E-state index in [4.69, 9.17) is 0 Å². The Balaban J connectivity index is 1.97. The Kier molecular flexibility index (Phi) is 4.77. The molecule has 24 heavy (non-hydrogen) atoms. The minimum Gasteiger partial charge on any atom is -0.197 e. The van der Waals surface area contributed by atoms with Crippen LogP contribution in [0, 0.1) is 39.9 Å². The number of fused-ring (bicyclic) bond motifs is 1. The third-order valence-electron chi connectivity index (χ3n) is 6.36. The van der Waals surface area contributed by atoms with E-state index < -0.39 is 5.41 Å². The summed E-state index contributed by atoms with van der Waals surface area (Å²) in [7, 11) is 0. The van der Waals surface area contributed by atoms with Gasteiger partial charge < -0.3 is 0 Å². The van der Waals surface area contributed by atoms with E-state index in [1.807, 2.05) is 18.2 Å². The molecule has 0 aliphatic heterocycles. The molecule has 1 aromatic rings. The van der Waals surface area contributed by atoms with Crippen LogP contribution < -0.4 is 0 Å². The summed E-state index contributed by atoms with van der Waals surface area (Å²) < 4.78 is 0. The molecule has 1 saturated carbocycles. The van der Waals surface area contributed by atoms with E-state index in [0.717, 1.165) is 37.7 Å². The van der Waals surface area contributed by atoms with E-state index in [1.165, 1.54) is 6.42 Å². The van der Waals surface area contributed by atoms with Crippen LogP contribution in [-0.2, 0) is 0 Å². The molecule has 0 bridgehead atoms. The van der Waals surface area contributed by atoms with Gasteiger partial charge in [0.15, 0.2) is 5.41 Å². The van der Waals surface area contributed by atoms with Crippen molar-refractivity contribution >= 4 is 0 Å². The van der Waals surface area contributed by atoms with Gasteiger partial charge in [-0.15, -0.1) is 0 Å². The molecule has 0 aromatic heterocycles. The summed E-state index contributed by atoms with van der Waals surface area (Å²) in [6, 6.07) is 15.1. The summed E-state index contributed by atoms with van der Waals surface area (Å²) in [5.41, 5.74) is 3.50.